The monoisotopic (exact) mass is 838 g/mol. The molecule has 8 heteroatoms. The highest BCUT2D eigenvalue weighted by molar-refractivity contribution is 6.31. The molecule has 0 aromatic heterocycles. The van der Waals surface area contributed by atoms with Gasteiger partial charge in [0.15, 0.2) is 11.6 Å². The summed E-state index contributed by atoms with van der Waals surface area (Å²) in [6, 6.07) is 53.2. The van der Waals surface area contributed by atoms with Crippen molar-refractivity contribution >= 4 is 17.4 Å². The molecule has 0 N–H and O–H groups in total. The molecule has 2 unspecified atom stereocenters. The maximum atomic E-state index is 15.6. The topological polar surface area (TPSA) is 72.5 Å². The van der Waals surface area contributed by atoms with Crippen molar-refractivity contribution in [3.05, 3.63) is 213 Å². The zero-order valence-corrected chi connectivity index (χ0v) is 36.1. The Kier molecular flexibility index (Phi) is 15.0. The summed E-state index contributed by atoms with van der Waals surface area (Å²) >= 11 is 7.06. The molecule has 7 rings (SSSR count). The Balaban J connectivity index is 1.33. The molecule has 0 aliphatic carbocycles. The van der Waals surface area contributed by atoms with Gasteiger partial charge in [-0.1, -0.05) is 170 Å². The lowest BCUT2D eigenvalue weighted by Gasteiger charge is -2.42. The van der Waals surface area contributed by atoms with Gasteiger partial charge in [-0.2, -0.15) is 0 Å². The van der Waals surface area contributed by atoms with Gasteiger partial charge in [0, 0.05) is 16.1 Å². The van der Waals surface area contributed by atoms with Crippen LogP contribution in [0.25, 0.3) is 0 Å². The van der Waals surface area contributed by atoms with Crippen molar-refractivity contribution in [1.29, 1.82) is 0 Å². The van der Waals surface area contributed by atoms with Crippen molar-refractivity contribution in [2.45, 2.75) is 96.3 Å². The van der Waals surface area contributed by atoms with Crippen LogP contribution in [0.2, 0.25) is 5.02 Å². The van der Waals surface area contributed by atoms with Gasteiger partial charge >= 0.3 is 0 Å². The fourth-order valence-electron chi connectivity index (χ4n) is 7.77. The van der Waals surface area contributed by atoms with Crippen LogP contribution in [0.5, 0.6) is 0 Å². The minimum atomic E-state index is -1.17. The van der Waals surface area contributed by atoms with Gasteiger partial charge in [-0.05, 0) is 73.2 Å². The first-order chi connectivity index (χ1) is 29.6. The summed E-state index contributed by atoms with van der Waals surface area (Å²) in [7, 11) is 0. The fraction of sp³-hybridized carbons (Fsp3) is 0.302. The number of aryl methyl sites for hydroxylation is 1. The molecule has 0 radical (unpaired) electrons. The second kappa shape index (κ2) is 20.7. The third kappa shape index (κ3) is 11.5. The highest BCUT2D eigenvalue weighted by Gasteiger charge is 2.55. The van der Waals surface area contributed by atoms with Gasteiger partial charge in [0.1, 0.15) is 30.0 Å². The molecule has 1 heterocycles. The van der Waals surface area contributed by atoms with Crippen molar-refractivity contribution in [3.63, 3.8) is 0 Å². The Labute approximate surface area is 365 Å². The standard InChI is InChI=1S/C53H55ClO7/c1-5-53(37-60-52(3,4)61-53)51(59-36-42-24-16-9-17-25-42)50(58-35-41-22-14-8-15-23-41)49(57-34-40-20-12-7-13-21-40)47(55)44-30-31-46(54)45(32-44)48(43-28-26-38(2)27-29-43)56-33-39-18-10-6-11-19-39/h6-32,48-51H,5,33-37H2,1-4H3/t48?,49-,50+,51-,53?/m0/s1. The molecule has 0 saturated carbocycles. The second-order valence-corrected chi connectivity index (χ2v) is 16.5. The molecule has 1 aliphatic rings. The van der Waals surface area contributed by atoms with E-state index in [0.29, 0.717) is 29.2 Å². The van der Waals surface area contributed by atoms with Crippen LogP contribution in [0.3, 0.4) is 0 Å². The molecular weight excluding hydrogens is 784 g/mol. The van der Waals surface area contributed by atoms with Crippen LogP contribution in [-0.4, -0.2) is 42.1 Å². The number of halogens is 1. The van der Waals surface area contributed by atoms with E-state index in [4.69, 9.17) is 40.0 Å². The molecule has 1 aliphatic heterocycles. The van der Waals surface area contributed by atoms with E-state index in [-0.39, 0.29) is 32.2 Å². The third-order valence-electron chi connectivity index (χ3n) is 11.1. The summed E-state index contributed by atoms with van der Waals surface area (Å²) in [6.07, 6.45) is -3.03. The number of ether oxygens (including phenoxy) is 6. The Bertz CT molecular complexity index is 2270. The van der Waals surface area contributed by atoms with E-state index in [1.165, 1.54) is 0 Å². The molecule has 61 heavy (non-hydrogen) atoms. The molecular formula is C53H55ClO7. The van der Waals surface area contributed by atoms with Gasteiger partial charge in [0.25, 0.3) is 0 Å². The molecule has 1 fully saturated rings. The largest absolute Gasteiger partial charge is 0.368 e. The van der Waals surface area contributed by atoms with Crippen LogP contribution >= 0.6 is 11.6 Å². The summed E-state index contributed by atoms with van der Waals surface area (Å²) in [5, 5.41) is 0.474. The summed E-state index contributed by atoms with van der Waals surface area (Å²) in [6.45, 7) is 9.02. The average Bonchev–Trinajstić information content (AvgIpc) is 3.62. The number of Topliss-reactive ketones (excluding diaryl/α,β-unsaturated/α-hetero) is 1. The second-order valence-electron chi connectivity index (χ2n) is 16.1. The van der Waals surface area contributed by atoms with Crippen molar-refractivity contribution in [1.82, 2.24) is 0 Å². The van der Waals surface area contributed by atoms with Crippen LogP contribution in [0, 0.1) is 6.92 Å². The average molecular weight is 839 g/mol. The molecule has 0 amide bonds. The predicted octanol–water partition coefficient (Wildman–Crippen LogP) is 11.8. The van der Waals surface area contributed by atoms with Crippen molar-refractivity contribution in [3.8, 4) is 0 Å². The predicted molar refractivity (Wildman–Crippen MR) is 239 cm³/mol. The van der Waals surface area contributed by atoms with E-state index in [1.807, 2.05) is 167 Å². The first kappa shape index (κ1) is 44.1. The van der Waals surface area contributed by atoms with Crippen molar-refractivity contribution < 1.29 is 33.2 Å². The molecule has 6 aromatic carbocycles. The summed E-state index contributed by atoms with van der Waals surface area (Å²) in [4.78, 5) is 15.6. The number of carbonyl (C=O) groups excluding carboxylic acids is 1. The lowest BCUT2D eigenvalue weighted by atomic mass is 9.85. The van der Waals surface area contributed by atoms with Gasteiger partial charge < -0.3 is 28.4 Å². The minimum absolute atomic E-state index is 0.141. The Morgan fingerprint density at radius 2 is 1.13 bits per heavy atom. The van der Waals surface area contributed by atoms with Crippen LogP contribution < -0.4 is 0 Å². The van der Waals surface area contributed by atoms with Gasteiger partial charge in [-0.15, -0.1) is 0 Å². The van der Waals surface area contributed by atoms with Gasteiger partial charge in [0.2, 0.25) is 0 Å². The Morgan fingerprint density at radius 3 is 1.62 bits per heavy atom. The summed E-state index contributed by atoms with van der Waals surface area (Å²) < 4.78 is 40.6. The zero-order valence-electron chi connectivity index (χ0n) is 35.4. The molecule has 0 bridgehead atoms. The van der Waals surface area contributed by atoms with E-state index >= 15 is 4.79 Å². The summed E-state index contributed by atoms with van der Waals surface area (Å²) in [5.41, 5.74) is 5.90. The van der Waals surface area contributed by atoms with Crippen molar-refractivity contribution in [2.75, 3.05) is 6.61 Å². The number of benzene rings is 6. The van der Waals surface area contributed by atoms with E-state index < -0.39 is 35.8 Å². The lowest BCUT2D eigenvalue weighted by Crippen LogP contribution is -2.58. The normalized spacial score (nSPS) is 18.0. The maximum absolute atomic E-state index is 15.6. The van der Waals surface area contributed by atoms with Crippen LogP contribution in [0.4, 0.5) is 0 Å². The first-order valence-corrected chi connectivity index (χ1v) is 21.4. The van der Waals surface area contributed by atoms with Gasteiger partial charge in [-0.3, -0.25) is 4.79 Å². The van der Waals surface area contributed by atoms with E-state index in [9.17, 15) is 0 Å². The van der Waals surface area contributed by atoms with E-state index in [0.717, 1.165) is 33.4 Å². The number of hydrogen-bond acceptors (Lipinski definition) is 7. The third-order valence-corrected chi connectivity index (χ3v) is 11.5. The van der Waals surface area contributed by atoms with Gasteiger partial charge in [0.05, 0.1) is 33.0 Å². The van der Waals surface area contributed by atoms with E-state index in [1.54, 1.807) is 12.1 Å². The van der Waals surface area contributed by atoms with Crippen LogP contribution in [-0.2, 0) is 54.8 Å². The van der Waals surface area contributed by atoms with E-state index in [2.05, 4.69) is 12.1 Å². The maximum Gasteiger partial charge on any atom is 0.194 e. The number of hydrogen-bond donors (Lipinski definition) is 0. The Morgan fingerprint density at radius 1 is 0.639 bits per heavy atom. The quantitative estimate of drug-likeness (QED) is 0.0709. The zero-order chi connectivity index (χ0) is 42.7. The molecule has 6 aromatic rings. The highest BCUT2D eigenvalue weighted by atomic mass is 35.5. The smallest absolute Gasteiger partial charge is 0.194 e. The highest BCUT2D eigenvalue weighted by Crippen LogP contribution is 2.41. The molecule has 316 valence electrons. The number of carbonyl (C=O) groups is 1. The molecule has 5 atom stereocenters. The first-order valence-electron chi connectivity index (χ1n) is 21.0. The number of rotatable bonds is 20. The fourth-order valence-corrected chi connectivity index (χ4v) is 7.99. The number of ketones is 1. The Hall–Kier alpha value is -4.96. The molecule has 1 saturated heterocycles. The SMILES string of the molecule is CCC1([C@@H](OCc2ccccc2)[C@H](OCc2ccccc2)[C@@H](OCc2ccccc2)C(=O)c2ccc(Cl)c(C(OCc3ccccc3)c3ccc(C)cc3)c2)COC(C)(C)O1. The van der Waals surface area contributed by atoms with Crippen LogP contribution in [0.1, 0.15) is 82.6 Å². The minimum Gasteiger partial charge on any atom is -0.368 e. The van der Waals surface area contributed by atoms with Gasteiger partial charge in [-0.25, -0.2) is 0 Å². The molecule has 7 nitrogen and oxygen atoms in total. The van der Waals surface area contributed by atoms with Crippen LogP contribution in [0.15, 0.2) is 164 Å². The van der Waals surface area contributed by atoms with Crippen molar-refractivity contribution in [2.24, 2.45) is 0 Å². The summed E-state index contributed by atoms with van der Waals surface area (Å²) in [5.74, 6) is -1.20. The lowest BCUT2D eigenvalue weighted by molar-refractivity contribution is -0.232. The molecule has 0 spiro atoms.